The maximum absolute atomic E-state index is 13.4. The van der Waals surface area contributed by atoms with E-state index in [2.05, 4.69) is 24.4 Å². The molecule has 2 aromatic carbocycles. The summed E-state index contributed by atoms with van der Waals surface area (Å²) in [6, 6.07) is 13.1. The van der Waals surface area contributed by atoms with Gasteiger partial charge < -0.3 is 10.2 Å². The first-order valence-electron chi connectivity index (χ1n) is 11.5. The molecule has 33 heavy (non-hydrogen) atoms. The highest BCUT2D eigenvalue weighted by molar-refractivity contribution is 7.99. The molecule has 0 unspecified atom stereocenters. The molecule has 0 bridgehead atoms. The average Bonchev–Trinajstić information content (AvgIpc) is 3.29. The lowest BCUT2D eigenvalue weighted by molar-refractivity contribution is -0.139. The molecule has 1 fully saturated rings. The Balaban J connectivity index is 1.74. The predicted octanol–water partition coefficient (Wildman–Crippen LogP) is 6.40. The lowest BCUT2D eigenvalue weighted by Crippen LogP contribution is -2.51. The summed E-state index contributed by atoms with van der Waals surface area (Å²) in [5.74, 6) is 0.908. The number of carbonyl (C=O) groups excluding carboxylic acids is 2. The van der Waals surface area contributed by atoms with Crippen molar-refractivity contribution < 1.29 is 9.59 Å². The van der Waals surface area contributed by atoms with Crippen molar-refractivity contribution in [3.8, 4) is 0 Å². The first-order valence-corrected chi connectivity index (χ1v) is 13.5. The van der Waals surface area contributed by atoms with Crippen LogP contribution >= 0.6 is 35.0 Å². The van der Waals surface area contributed by atoms with E-state index in [1.54, 1.807) is 28.8 Å². The third kappa shape index (κ3) is 7.40. The Morgan fingerprint density at radius 2 is 1.85 bits per heavy atom. The Morgan fingerprint density at radius 1 is 1.12 bits per heavy atom. The molecule has 1 saturated carbocycles. The van der Waals surface area contributed by atoms with E-state index in [9.17, 15) is 9.59 Å². The minimum absolute atomic E-state index is 0.0620. The summed E-state index contributed by atoms with van der Waals surface area (Å²) in [5.41, 5.74) is 3.21. The minimum Gasteiger partial charge on any atom is -0.352 e. The number of nitrogens with zero attached hydrogens (tertiary/aromatic N) is 1. The Hall–Kier alpha value is -1.69. The van der Waals surface area contributed by atoms with E-state index in [0.717, 1.165) is 37.0 Å². The van der Waals surface area contributed by atoms with E-state index in [1.165, 1.54) is 11.1 Å². The van der Waals surface area contributed by atoms with Gasteiger partial charge in [0.1, 0.15) is 6.04 Å². The van der Waals surface area contributed by atoms with Crippen LogP contribution in [0.15, 0.2) is 42.5 Å². The topological polar surface area (TPSA) is 49.4 Å². The highest BCUT2D eigenvalue weighted by Gasteiger charge is 2.30. The summed E-state index contributed by atoms with van der Waals surface area (Å²) in [4.78, 5) is 28.3. The van der Waals surface area contributed by atoms with Crippen molar-refractivity contribution in [2.75, 3.05) is 5.75 Å². The molecule has 2 amide bonds. The minimum atomic E-state index is -0.538. The third-order valence-electron chi connectivity index (χ3n) is 6.19. The molecular formula is C26H32Cl2N2O2S. The molecule has 178 valence electrons. The van der Waals surface area contributed by atoms with E-state index in [-0.39, 0.29) is 24.4 Å². The zero-order valence-electron chi connectivity index (χ0n) is 19.3. The largest absolute Gasteiger partial charge is 0.352 e. The molecule has 7 heteroatoms. The molecule has 4 nitrogen and oxygen atoms in total. The fourth-order valence-corrected chi connectivity index (χ4v) is 5.68. The second kappa shape index (κ2) is 12.7. The van der Waals surface area contributed by atoms with Gasteiger partial charge in [0.15, 0.2) is 0 Å². The normalized spacial score (nSPS) is 14.8. The first-order chi connectivity index (χ1) is 15.9. The molecule has 1 atom stereocenters. The van der Waals surface area contributed by atoms with Crippen LogP contribution in [0.25, 0.3) is 0 Å². The van der Waals surface area contributed by atoms with Gasteiger partial charge in [0.2, 0.25) is 11.8 Å². The van der Waals surface area contributed by atoms with Crippen LogP contribution in [0.2, 0.25) is 10.0 Å². The SMILES string of the molecule is CC[C@H](C(=O)NC1CCCC1)N(Cc1ccc(Cl)cc1Cl)C(=O)CSCc1ccccc1C. The van der Waals surface area contributed by atoms with Gasteiger partial charge in [-0.15, -0.1) is 11.8 Å². The van der Waals surface area contributed by atoms with Gasteiger partial charge >= 0.3 is 0 Å². The Labute approximate surface area is 211 Å². The monoisotopic (exact) mass is 506 g/mol. The van der Waals surface area contributed by atoms with Crippen LogP contribution < -0.4 is 5.32 Å². The Morgan fingerprint density at radius 3 is 2.52 bits per heavy atom. The number of rotatable bonds is 10. The van der Waals surface area contributed by atoms with Gasteiger partial charge in [0, 0.05) is 28.4 Å². The van der Waals surface area contributed by atoms with Gasteiger partial charge in [0.25, 0.3) is 0 Å². The summed E-state index contributed by atoms with van der Waals surface area (Å²) >= 11 is 14.0. The summed E-state index contributed by atoms with van der Waals surface area (Å²) in [7, 11) is 0. The summed E-state index contributed by atoms with van der Waals surface area (Å²) < 4.78 is 0. The van der Waals surface area contributed by atoms with Crippen LogP contribution in [0.5, 0.6) is 0 Å². The molecule has 1 aliphatic carbocycles. The van der Waals surface area contributed by atoms with Crippen molar-refractivity contribution in [3.63, 3.8) is 0 Å². The number of aryl methyl sites for hydroxylation is 1. The lowest BCUT2D eigenvalue weighted by atomic mass is 10.1. The molecule has 1 aliphatic rings. The summed E-state index contributed by atoms with van der Waals surface area (Å²) in [5, 5.41) is 4.21. The number of amides is 2. The van der Waals surface area contributed by atoms with Crippen LogP contribution in [0.4, 0.5) is 0 Å². The van der Waals surface area contributed by atoms with Gasteiger partial charge in [-0.25, -0.2) is 0 Å². The smallest absolute Gasteiger partial charge is 0.243 e. The molecule has 0 spiro atoms. The second-order valence-corrected chi connectivity index (χ2v) is 10.4. The van der Waals surface area contributed by atoms with Gasteiger partial charge in [-0.3, -0.25) is 9.59 Å². The van der Waals surface area contributed by atoms with Crippen molar-refractivity contribution in [1.82, 2.24) is 10.2 Å². The molecule has 0 aromatic heterocycles. The zero-order valence-corrected chi connectivity index (χ0v) is 21.6. The first kappa shape index (κ1) is 25.9. The van der Waals surface area contributed by atoms with Crippen LogP contribution in [0, 0.1) is 6.92 Å². The molecule has 2 aromatic rings. The number of thioether (sulfide) groups is 1. The van der Waals surface area contributed by atoms with Crippen molar-refractivity contribution >= 4 is 46.8 Å². The number of halogens is 2. The van der Waals surface area contributed by atoms with E-state index < -0.39 is 6.04 Å². The van der Waals surface area contributed by atoms with Crippen LogP contribution in [-0.2, 0) is 21.9 Å². The summed E-state index contributed by atoms with van der Waals surface area (Å²) in [6.45, 7) is 4.30. The number of nitrogens with one attached hydrogen (secondary N) is 1. The number of benzene rings is 2. The predicted molar refractivity (Wildman–Crippen MR) is 139 cm³/mol. The lowest BCUT2D eigenvalue weighted by Gasteiger charge is -2.31. The van der Waals surface area contributed by atoms with Crippen molar-refractivity contribution in [2.24, 2.45) is 0 Å². The maximum atomic E-state index is 13.4. The molecule has 0 saturated heterocycles. The highest BCUT2D eigenvalue weighted by Crippen LogP contribution is 2.25. The molecule has 3 rings (SSSR count). The molecular weight excluding hydrogens is 475 g/mol. The van der Waals surface area contributed by atoms with E-state index in [1.807, 2.05) is 25.1 Å². The Kier molecular flexibility index (Phi) is 9.96. The van der Waals surface area contributed by atoms with Gasteiger partial charge in [-0.1, -0.05) is 73.3 Å². The molecule has 0 aliphatic heterocycles. The van der Waals surface area contributed by atoms with Gasteiger partial charge in [-0.2, -0.15) is 0 Å². The second-order valence-electron chi connectivity index (χ2n) is 8.59. The number of carbonyl (C=O) groups is 2. The fourth-order valence-electron chi connectivity index (χ4n) is 4.22. The third-order valence-corrected chi connectivity index (χ3v) is 7.74. The summed E-state index contributed by atoms with van der Waals surface area (Å²) in [6.07, 6.45) is 4.83. The van der Waals surface area contributed by atoms with E-state index in [0.29, 0.717) is 22.2 Å². The zero-order chi connectivity index (χ0) is 23.8. The van der Waals surface area contributed by atoms with Crippen LogP contribution in [0.1, 0.15) is 55.7 Å². The maximum Gasteiger partial charge on any atom is 0.243 e. The van der Waals surface area contributed by atoms with Gasteiger partial charge in [-0.05, 0) is 55.0 Å². The molecule has 0 radical (unpaired) electrons. The quantitative estimate of drug-likeness (QED) is 0.405. The molecule has 0 heterocycles. The van der Waals surface area contributed by atoms with E-state index in [4.69, 9.17) is 23.2 Å². The Bertz CT molecular complexity index is 963. The molecule has 1 N–H and O–H groups in total. The van der Waals surface area contributed by atoms with Gasteiger partial charge in [0.05, 0.1) is 5.75 Å². The van der Waals surface area contributed by atoms with Crippen molar-refractivity contribution in [3.05, 3.63) is 69.2 Å². The average molecular weight is 508 g/mol. The van der Waals surface area contributed by atoms with Crippen molar-refractivity contribution in [1.29, 1.82) is 0 Å². The standard InChI is InChI=1S/C26H32Cl2N2O2S/c1-3-24(26(32)29-22-10-6-7-11-22)30(15-19-12-13-21(27)14-23(19)28)25(31)17-33-16-20-9-5-4-8-18(20)2/h4-5,8-9,12-14,22,24H,3,6-7,10-11,15-17H2,1-2H3,(H,29,32)/t24-/m1/s1. The fraction of sp³-hybridized carbons (Fsp3) is 0.462. The van der Waals surface area contributed by atoms with Crippen LogP contribution in [-0.4, -0.2) is 34.6 Å². The van der Waals surface area contributed by atoms with Crippen LogP contribution in [0.3, 0.4) is 0 Å². The number of hydrogen-bond donors (Lipinski definition) is 1. The highest BCUT2D eigenvalue weighted by atomic mass is 35.5. The van der Waals surface area contributed by atoms with E-state index >= 15 is 0 Å². The van der Waals surface area contributed by atoms with Crippen molar-refractivity contribution in [2.45, 2.75) is 70.3 Å². The number of hydrogen-bond acceptors (Lipinski definition) is 3.